The Morgan fingerprint density at radius 1 is 1.42 bits per heavy atom. The van der Waals surface area contributed by atoms with E-state index in [0.29, 0.717) is 10.7 Å². The van der Waals surface area contributed by atoms with Crippen molar-refractivity contribution in [3.8, 4) is 5.75 Å². The zero-order chi connectivity index (χ0) is 14.0. The number of Topliss-reactive ketones (excluding diaryl/α,β-unsaturated/α-hetero) is 1. The average molecular weight is 280 g/mol. The summed E-state index contributed by atoms with van der Waals surface area (Å²) in [6.07, 6.45) is 2.12. The molecular weight excluding hydrogens is 262 g/mol. The molecule has 0 bridgehead atoms. The van der Waals surface area contributed by atoms with Gasteiger partial charge in [-0.2, -0.15) is 0 Å². The third kappa shape index (κ3) is 2.47. The molecule has 0 aliphatic heterocycles. The Labute approximate surface area is 118 Å². The molecule has 0 N–H and O–H groups in total. The molecule has 4 heteroatoms. The van der Waals surface area contributed by atoms with E-state index in [4.69, 9.17) is 16.3 Å². The summed E-state index contributed by atoms with van der Waals surface area (Å²) in [5.74, 6) is 0.720. The number of carbonyl (C=O) groups is 1. The summed E-state index contributed by atoms with van der Waals surface area (Å²) in [5, 5.41) is 1.40. The second-order valence-electron chi connectivity index (χ2n) is 4.61. The Kier molecular flexibility index (Phi) is 4.15. The standard InChI is InChI=1S/C15H18ClNO2/c1-4-5-8-17-13-7-6-11(19-3)9-12(13)14(10(2)18)15(17)16/h6-7,9H,4-5,8H2,1-3H3. The van der Waals surface area contributed by atoms with Gasteiger partial charge in [0.15, 0.2) is 5.78 Å². The van der Waals surface area contributed by atoms with Crippen LogP contribution in [-0.2, 0) is 6.54 Å². The topological polar surface area (TPSA) is 31.2 Å². The van der Waals surface area contributed by atoms with Crippen LogP contribution in [0.15, 0.2) is 18.2 Å². The quantitative estimate of drug-likeness (QED) is 0.764. The number of fused-ring (bicyclic) bond motifs is 1. The molecular formula is C15H18ClNO2. The van der Waals surface area contributed by atoms with Crippen LogP contribution in [-0.4, -0.2) is 17.5 Å². The lowest BCUT2D eigenvalue weighted by atomic mass is 10.1. The molecule has 0 saturated heterocycles. The van der Waals surface area contributed by atoms with Crippen molar-refractivity contribution in [2.75, 3.05) is 7.11 Å². The monoisotopic (exact) mass is 279 g/mol. The fraction of sp³-hybridized carbons (Fsp3) is 0.400. The molecule has 0 amide bonds. The highest BCUT2D eigenvalue weighted by Crippen LogP contribution is 2.33. The molecule has 1 aromatic heterocycles. The second kappa shape index (κ2) is 5.66. The van der Waals surface area contributed by atoms with E-state index in [1.54, 1.807) is 14.0 Å². The van der Waals surface area contributed by atoms with Crippen LogP contribution in [0.25, 0.3) is 10.9 Å². The Morgan fingerprint density at radius 2 is 2.16 bits per heavy atom. The molecule has 0 unspecified atom stereocenters. The number of hydrogen-bond acceptors (Lipinski definition) is 2. The molecule has 0 aliphatic carbocycles. The minimum absolute atomic E-state index is 0.0153. The summed E-state index contributed by atoms with van der Waals surface area (Å²) in [5.41, 5.74) is 1.58. The van der Waals surface area contributed by atoms with E-state index in [-0.39, 0.29) is 5.78 Å². The molecule has 2 rings (SSSR count). The summed E-state index contributed by atoms with van der Waals surface area (Å²) in [7, 11) is 1.62. The summed E-state index contributed by atoms with van der Waals surface area (Å²) in [6.45, 7) is 4.50. The third-order valence-electron chi connectivity index (χ3n) is 3.29. The number of methoxy groups -OCH3 is 1. The van der Waals surface area contributed by atoms with Gasteiger partial charge >= 0.3 is 0 Å². The number of rotatable bonds is 5. The van der Waals surface area contributed by atoms with Crippen molar-refractivity contribution >= 4 is 28.3 Å². The van der Waals surface area contributed by atoms with Gasteiger partial charge in [-0.05, 0) is 31.5 Å². The molecule has 19 heavy (non-hydrogen) atoms. The lowest BCUT2D eigenvalue weighted by Crippen LogP contribution is -1.98. The largest absolute Gasteiger partial charge is 0.497 e. The maximum atomic E-state index is 11.8. The Bertz CT molecular complexity index is 616. The van der Waals surface area contributed by atoms with E-state index in [1.807, 2.05) is 22.8 Å². The van der Waals surface area contributed by atoms with Crippen molar-refractivity contribution < 1.29 is 9.53 Å². The highest BCUT2D eigenvalue weighted by atomic mass is 35.5. The molecule has 0 fully saturated rings. The maximum Gasteiger partial charge on any atom is 0.163 e. The van der Waals surface area contributed by atoms with Crippen LogP contribution in [0, 0.1) is 0 Å². The van der Waals surface area contributed by atoms with Crippen LogP contribution < -0.4 is 4.74 Å². The van der Waals surface area contributed by atoms with Crippen molar-refractivity contribution in [3.05, 3.63) is 28.9 Å². The van der Waals surface area contributed by atoms with Crippen LogP contribution in [0.3, 0.4) is 0 Å². The van der Waals surface area contributed by atoms with Gasteiger partial charge in [0.2, 0.25) is 0 Å². The highest BCUT2D eigenvalue weighted by molar-refractivity contribution is 6.35. The van der Waals surface area contributed by atoms with E-state index in [2.05, 4.69) is 6.92 Å². The van der Waals surface area contributed by atoms with E-state index in [1.165, 1.54) is 0 Å². The van der Waals surface area contributed by atoms with Crippen molar-refractivity contribution in [1.82, 2.24) is 4.57 Å². The number of halogens is 1. The fourth-order valence-corrected chi connectivity index (χ4v) is 2.71. The second-order valence-corrected chi connectivity index (χ2v) is 4.97. The number of hydrogen-bond donors (Lipinski definition) is 0. The molecule has 3 nitrogen and oxygen atoms in total. The van der Waals surface area contributed by atoms with Crippen LogP contribution in [0.1, 0.15) is 37.0 Å². The van der Waals surface area contributed by atoms with Crippen molar-refractivity contribution in [3.63, 3.8) is 0 Å². The van der Waals surface area contributed by atoms with Crippen molar-refractivity contribution in [1.29, 1.82) is 0 Å². The zero-order valence-corrected chi connectivity index (χ0v) is 12.3. The lowest BCUT2D eigenvalue weighted by molar-refractivity contribution is 0.101. The molecule has 2 aromatic rings. The predicted octanol–water partition coefficient (Wildman–Crippen LogP) is 4.31. The molecule has 0 saturated carbocycles. The van der Waals surface area contributed by atoms with E-state index in [0.717, 1.165) is 36.0 Å². The van der Waals surface area contributed by atoms with Crippen LogP contribution in [0.4, 0.5) is 0 Å². The number of aromatic nitrogens is 1. The summed E-state index contributed by atoms with van der Waals surface area (Å²) in [4.78, 5) is 11.8. The third-order valence-corrected chi connectivity index (χ3v) is 3.69. The van der Waals surface area contributed by atoms with Gasteiger partial charge in [-0.1, -0.05) is 24.9 Å². The van der Waals surface area contributed by atoms with E-state index in [9.17, 15) is 4.79 Å². The Hall–Kier alpha value is -1.48. The van der Waals surface area contributed by atoms with Crippen LogP contribution in [0.2, 0.25) is 5.15 Å². The number of ketones is 1. The Balaban J connectivity index is 2.68. The van der Waals surface area contributed by atoms with Gasteiger partial charge in [0.1, 0.15) is 10.9 Å². The molecule has 1 heterocycles. The maximum absolute atomic E-state index is 11.8. The smallest absolute Gasteiger partial charge is 0.163 e. The predicted molar refractivity (Wildman–Crippen MR) is 78.4 cm³/mol. The normalized spacial score (nSPS) is 10.9. The van der Waals surface area contributed by atoms with Gasteiger partial charge in [-0.3, -0.25) is 4.79 Å². The van der Waals surface area contributed by atoms with Gasteiger partial charge in [0, 0.05) is 11.9 Å². The number of nitrogens with zero attached hydrogens (tertiary/aromatic N) is 1. The molecule has 1 aromatic carbocycles. The average Bonchev–Trinajstić information content (AvgIpc) is 2.67. The molecule has 102 valence electrons. The van der Waals surface area contributed by atoms with Gasteiger partial charge < -0.3 is 9.30 Å². The zero-order valence-electron chi connectivity index (χ0n) is 11.5. The fourth-order valence-electron chi connectivity index (χ4n) is 2.30. The number of unbranched alkanes of at least 4 members (excludes halogenated alkanes) is 1. The van der Waals surface area contributed by atoms with Crippen molar-refractivity contribution in [2.45, 2.75) is 33.2 Å². The molecule has 0 aliphatic rings. The summed E-state index contributed by atoms with van der Waals surface area (Å²) >= 11 is 6.38. The SMILES string of the molecule is CCCCn1c(Cl)c(C(C)=O)c2cc(OC)ccc21. The minimum atomic E-state index is -0.0153. The highest BCUT2D eigenvalue weighted by Gasteiger charge is 2.19. The minimum Gasteiger partial charge on any atom is -0.497 e. The van der Waals surface area contributed by atoms with Crippen LogP contribution in [0.5, 0.6) is 5.75 Å². The van der Waals surface area contributed by atoms with Crippen molar-refractivity contribution in [2.24, 2.45) is 0 Å². The number of ether oxygens (including phenoxy) is 1. The Morgan fingerprint density at radius 3 is 2.74 bits per heavy atom. The van der Waals surface area contributed by atoms with Gasteiger partial charge in [-0.15, -0.1) is 0 Å². The first-order chi connectivity index (χ1) is 9.10. The number of aryl methyl sites for hydroxylation is 1. The summed E-state index contributed by atoms with van der Waals surface area (Å²) in [6, 6.07) is 5.73. The number of carbonyl (C=O) groups excluding carboxylic acids is 1. The molecule has 0 atom stereocenters. The first kappa shape index (κ1) is 13.9. The van der Waals surface area contributed by atoms with Crippen LogP contribution >= 0.6 is 11.6 Å². The van der Waals surface area contributed by atoms with Gasteiger partial charge in [0.05, 0.1) is 18.2 Å². The van der Waals surface area contributed by atoms with E-state index < -0.39 is 0 Å². The van der Waals surface area contributed by atoms with Gasteiger partial charge in [-0.25, -0.2) is 0 Å². The van der Waals surface area contributed by atoms with Gasteiger partial charge in [0.25, 0.3) is 0 Å². The number of benzene rings is 1. The first-order valence-corrected chi connectivity index (χ1v) is 6.84. The molecule has 0 radical (unpaired) electrons. The lowest BCUT2D eigenvalue weighted by Gasteiger charge is -2.06. The first-order valence-electron chi connectivity index (χ1n) is 6.46. The summed E-state index contributed by atoms with van der Waals surface area (Å²) < 4.78 is 7.23. The molecule has 0 spiro atoms. The van der Waals surface area contributed by atoms with E-state index >= 15 is 0 Å².